The third-order valence-corrected chi connectivity index (χ3v) is 3.27. The van der Waals surface area contributed by atoms with E-state index in [4.69, 9.17) is 0 Å². The van der Waals surface area contributed by atoms with E-state index in [1.54, 1.807) is 0 Å². The zero-order valence-electron chi connectivity index (χ0n) is 12.0. The molecule has 98 valence electrons. The zero-order valence-corrected chi connectivity index (χ0v) is 12.0. The fraction of sp³-hybridized carbons (Fsp3) is 0.786. The topological polar surface area (TPSA) is 29.9 Å². The Morgan fingerprint density at radius 2 is 2.12 bits per heavy atom. The van der Waals surface area contributed by atoms with Gasteiger partial charge in [-0.25, -0.2) is 0 Å². The Bertz CT molecular complexity index is 330. The first-order chi connectivity index (χ1) is 8.08. The van der Waals surface area contributed by atoms with E-state index in [1.165, 1.54) is 25.0 Å². The van der Waals surface area contributed by atoms with Gasteiger partial charge in [0, 0.05) is 13.1 Å². The van der Waals surface area contributed by atoms with Crippen molar-refractivity contribution in [3.63, 3.8) is 0 Å². The molecule has 1 rings (SSSR count). The van der Waals surface area contributed by atoms with Gasteiger partial charge in [0.2, 0.25) is 0 Å². The smallest absolute Gasteiger partial charge is 0.0597 e. The number of nitrogens with one attached hydrogen (secondary N) is 1. The van der Waals surface area contributed by atoms with Gasteiger partial charge >= 0.3 is 0 Å². The Morgan fingerprint density at radius 1 is 1.41 bits per heavy atom. The summed E-state index contributed by atoms with van der Waals surface area (Å²) >= 11 is 0. The molecule has 2 atom stereocenters. The SMILES string of the molecule is CCCC(C)CC(NCC)c1cc(C)nn1C. The average molecular weight is 237 g/mol. The molecular formula is C14H27N3. The highest BCUT2D eigenvalue weighted by Gasteiger charge is 2.17. The van der Waals surface area contributed by atoms with Crippen LogP contribution < -0.4 is 5.32 Å². The van der Waals surface area contributed by atoms with Crippen molar-refractivity contribution >= 4 is 0 Å². The quantitative estimate of drug-likeness (QED) is 0.789. The summed E-state index contributed by atoms with van der Waals surface area (Å²) in [5.74, 6) is 0.763. The minimum atomic E-state index is 0.438. The summed E-state index contributed by atoms with van der Waals surface area (Å²) in [5.41, 5.74) is 2.42. The third-order valence-electron chi connectivity index (χ3n) is 3.27. The molecule has 0 aliphatic rings. The molecule has 3 nitrogen and oxygen atoms in total. The lowest BCUT2D eigenvalue weighted by Crippen LogP contribution is -2.25. The van der Waals surface area contributed by atoms with Gasteiger partial charge in [0.25, 0.3) is 0 Å². The number of aromatic nitrogens is 2. The molecule has 1 aromatic heterocycles. The van der Waals surface area contributed by atoms with E-state index < -0.39 is 0 Å². The van der Waals surface area contributed by atoms with E-state index in [2.05, 4.69) is 44.2 Å². The molecule has 0 fully saturated rings. The molecule has 17 heavy (non-hydrogen) atoms. The summed E-state index contributed by atoms with van der Waals surface area (Å²) in [6, 6.07) is 2.64. The van der Waals surface area contributed by atoms with Crippen molar-refractivity contribution in [2.24, 2.45) is 13.0 Å². The summed E-state index contributed by atoms with van der Waals surface area (Å²) in [6.07, 6.45) is 3.77. The first-order valence-corrected chi connectivity index (χ1v) is 6.82. The second-order valence-electron chi connectivity index (χ2n) is 5.07. The lowest BCUT2D eigenvalue weighted by Gasteiger charge is -2.21. The van der Waals surface area contributed by atoms with Crippen LogP contribution in [0.3, 0.4) is 0 Å². The molecule has 0 aliphatic heterocycles. The predicted molar refractivity (Wildman–Crippen MR) is 73.1 cm³/mol. The molecule has 0 saturated heterocycles. The third kappa shape index (κ3) is 4.15. The van der Waals surface area contributed by atoms with E-state index in [0.29, 0.717) is 6.04 Å². The Kier molecular flexibility index (Phi) is 5.69. The first-order valence-electron chi connectivity index (χ1n) is 6.82. The van der Waals surface area contributed by atoms with Crippen molar-refractivity contribution in [2.75, 3.05) is 6.54 Å². The van der Waals surface area contributed by atoms with Gasteiger partial charge in [-0.15, -0.1) is 0 Å². The molecular weight excluding hydrogens is 210 g/mol. The van der Waals surface area contributed by atoms with Crippen LogP contribution in [0, 0.1) is 12.8 Å². The molecule has 1 aromatic rings. The molecule has 0 spiro atoms. The molecule has 1 N–H and O–H groups in total. The van der Waals surface area contributed by atoms with Crippen LogP contribution in [0.15, 0.2) is 6.07 Å². The monoisotopic (exact) mass is 237 g/mol. The van der Waals surface area contributed by atoms with Crippen LogP contribution in [0.4, 0.5) is 0 Å². The van der Waals surface area contributed by atoms with Crippen molar-refractivity contribution in [3.8, 4) is 0 Å². The van der Waals surface area contributed by atoms with Crippen molar-refractivity contribution in [1.29, 1.82) is 0 Å². The van der Waals surface area contributed by atoms with Crippen LogP contribution in [-0.4, -0.2) is 16.3 Å². The summed E-state index contributed by atoms with van der Waals surface area (Å²) in [7, 11) is 2.04. The molecule has 0 aromatic carbocycles. The highest BCUT2D eigenvalue weighted by molar-refractivity contribution is 5.13. The van der Waals surface area contributed by atoms with Crippen molar-refractivity contribution < 1.29 is 0 Å². The highest BCUT2D eigenvalue weighted by Crippen LogP contribution is 2.24. The molecule has 2 unspecified atom stereocenters. The van der Waals surface area contributed by atoms with Crippen LogP contribution in [0.5, 0.6) is 0 Å². The van der Waals surface area contributed by atoms with Gasteiger partial charge in [0.15, 0.2) is 0 Å². The van der Waals surface area contributed by atoms with Gasteiger partial charge in [-0.2, -0.15) is 5.10 Å². The summed E-state index contributed by atoms with van der Waals surface area (Å²) < 4.78 is 2.02. The minimum Gasteiger partial charge on any atom is -0.309 e. The van der Waals surface area contributed by atoms with Crippen LogP contribution in [0.1, 0.15) is 57.5 Å². The molecule has 1 heterocycles. The minimum absolute atomic E-state index is 0.438. The second kappa shape index (κ2) is 6.80. The van der Waals surface area contributed by atoms with Crippen molar-refractivity contribution in [1.82, 2.24) is 15.1 Å². The van der Waals surface area contributed by atoms with Gasteiger partial charge in [0.05, 0.1) is 11.4 Å². The number of aryl methyl sites for hydroxylation is 2. The number of nitrogens with zero attached hydrogens (tertiary/aromatic N) is 2. The first kappa shape index (κ1) is 14.2. The lowest BCUT2D eigenvalue weighted by molar-refractivity contribution is 0.381. The molecule has 3 heteroatoms. The highest BCUT2D eigenvalue weighted by atomic mass is 15.3. The standard InChI is InChI=1S/C14H27N3/c1-6-8-11(3)9-13(15-7-2)14-10-12(4)16-17(14)5/h10-11,13,15H,6-9H2,1-5H3. The van der Waals surface area contributed by atoms with Gasteiger partial charge in [0.1, 0.15) is 0 Å². The van der Waals surface area contributed by atoms with Crippen molar-refractivity contribution in [2.45, 2.75) is 53.0 Å². The van der Waals surface area contributed by atoms with Crippen molar-refractivity contribution in [3.05, 3.63) is 17.5 Å². The Hall–Kier alpha value is -0.830. The van der Waals surface area contributed by atoms with Crippen LogP contribution in [0.25, 0.3) is 0 Å². The number of hydrogen-bond donors (Lipinski definition) is 1. The normalized spacial score (nSPS) is 14.9. The zero-order chi connectivity index (χ0) is 12.8. The Labute approximate surface area is 106 Å². The predicted octanol–water partition coefficient (Wildman–Crippen LogP) is 3.21. The molecule has 0 saturated carbocycles. The molecule has 0 bridgehead atoms. The number of rotatable bonds is 7. The van der Waals surface area contributed by atoms with Crippen LogP contribution in [0.2, 0.25) is 0 Å². The van der Waals surface area contributed by atoms with E-state index in [0.717, 1.165) is 18.2 Å². The summed E-state index contributed by atoms with van der Waals surface area (Å²) in [4.78, 5) is 0. The summed E-state index contributed by atoms with van der Waals surface area (Å²) in [6.45, 7) is 9.83. The van der Waals surface area contributed by atoms with E-state index in [9.17, 15) is 0 Å². The van der Waals surface area contributed by atoms with Gasteiger partial charge in [-0.05, 0) is 31.9 Å². The molecule has 0 aliphatic carbocycles. The second-order valence-corrected chi connectivity index (χ2v) is 5.07. The maximum absolute atomic E-state index is 4.44. The van der Waals surface area contributed by atoms with E-state index in [-0.39, 0.29) is 0 Å². The largest absolute Gasteiger partial charge is 0.309 e. The summed E-state index contributed by atoms with van der Waals surface area (Å²) in [5, 5.41) is 8.03. The van der Waals surface area contributed by atoms with E-state index >= 15 is 0 Å². The van der Waals surface area contributed by atoms with Gasteiger partial charge in [-0.3, -0.25) is 4.68 Å². The molecule has 0 amide bonds. The Morgan fingerprint density at radius 3 is 2.59 bits per heavy atom. The fourth-order valence-corrected chi connectivity index (χ4v) is 2.52. The van der Waals surface area contributed by atoms with Crippen LogP contribution in [-0.2, 0) is 7.05 Å². The Balaban J connectivity index is 2.74. The van der Waals surface area contributed by atoms with Crippen LogP contribution >= 0.6 is 0 Å². The fourth-order valence-electron chi connectivity index (χ4n) is 2.52. The van der Waals surface area contributed by atoms with Gasteiger partial charge < -0.3 is 5.32 Å². The maximum atomic E-state index is 4.44. The maximum Gasteiger partial charge on any atom is 0.0597 e. The molecule has 0 radical (unpaired) electrons. The van der Waals surface area contributed by atoms with Gasteiger partial charge in [-0.1, -0.05) is 33.6 Å². The number of hydrogen-bond acceptors (Lipinski definition) is 2. The lowest BCUT2D eigenvalue weighted by atomic mass is 9.95. The van der Waals surface area contributed by atoms with E-state index in [1.807, 2.05) is 11.7 Å². The average Bonchev–Trinajstić information content (AvgIpc) is 2.57.